The highest BCUT2D eigenvalue weighted by molar-refractivity contribution is 6.28. The van der Waals surface area contributed by atoms with Crippen LogP contribution in [-0.4, -0.2) is 61.6 Å². The van der Waals surface area contributed by atoms with E-state index in [4.69, 9.17) is 11.6 Å². The van der Waals surface area contributed by atoms with Gasteiger partial charge in [-0.1, -0.05) is 0 Å². The number of anilines is 1. The van der Waals surface area contributed by atoms with Crippen molar-refractivity contribution in [3.05, 3.63) is 24.0 Å². The zero-order valence-electron chi connectivity index (χ0n) is 12.1. The Labute approximate surface area is 128 Å². The fourth-order valence-corrected chi connectivity index (χ4v) is 2.55. The number of hydrogen-bond acceptors (Lipinski definition) is 6. The molecule has 0 saturated carbocycles. The van der Waals surface area contributed by atoms with E-state index in [0.29, 0.717) is 17.9 Å². The van der Waals surface area contributed by atoms with Crippen molar-refractivity contribution in [3.63, 3.8) is 0 Å². The van der Waals surface area contributed by atoms with Crippen LogP contribution in [-0.2, 0) is 0 Å². The molecule has 0 bridgehead atoms. The SMILES string of the molecule is CC(C)N1CCN(c2nc(Cl)nc(-n3ccnc3)n2)CC1. The van der Waals surface area contributed by atoms with Gasteiger partial charge in [-0.3, -0.25) is 9.47 Å². The Bertz CT molecular complexity index is 591. The summed E-state index contributed by atoms with van der Waals surface area (Å²) in [6.07, 6.45) is 5.11. The van der Waals surface area contributed by atoms with Crippen molar-refractivity contribution in [2.45, 2.75) is 19.9 Å². The van der Waals surface area contributed by atoms with Crippen LogP contribution < -0.4 is 4.90 Å². The minimum absolute atomic E-state index is 0.204. The predicted molar refractivity (Wildman–Crippen MR) is 80.9 cm³/mol. The van der Waals surface area contributed by atoms with Crippen molar-refractivity contribution in [1.29, 1.82) is 0 Å². The van der Waals surface area contributed by atoms with Crippen LogP contribution in [0.5, 0.6) is 0 Å². The van der Waals surface area contributed by atoms with E-state index in [1.54, 1.807) is 23.3 Å². The van der Waals surface area contributed by atoms with Crippen molar-refractivity contribution in [3.8, 4) is 5.95 Å². The van der Waals surface area contributed by atoms with E-state index in [9.17, 15) is 0 Å². The molecule has 0 amide bonds. The molecule has 8 heteroatoms. The second-order valence-corrected chi connectivity index (χ2v) is 5.63. The molecule has 21 heavy (non-hydrogen) atoms. The Morgan fingerprint density at radius 1 is 1.05 bits per heavy atom. The number of imidazole rings is 1. The average molecular weight is 308 g/mol. The smallest absolute Gasteiger partial charge is 0.241 e. The molecular formula is C13H18ClN7. The molecule has 112 valence electrons. The molecular weight excluding hydrogens is 290 g/mol. The van der Waals surface area contributed by atoms with Gasteiger partial charge in [0.05, 0.1) is 0 Å². The number of nitrogens with zero attached hydrogens (tertiary/aromatic N) is 7. The summed E-state index contributed by atoms with van der Waals surface area (Å²) in [5.41, 5.74) is 0. The van der Waals surface area contributed by atoms with E-state index in [2.05, 4.69) is 43.6 Å². The van der Waals surface area contributed by atoms with Crippen molar-refractivity contribution < 1.29 is 0 Å². The van der Waals surface area contributed by atoms with Crippen molar-refractivity contribution in [2.24, 2.45) is 0 Å². The zero-order valence-corrected chi connectivity index (χ0v) is 12.9. The van der Waals surface area contributed by atoms with E-state index in [1.807, 2.05) is 0 Å². The van der Waals surface area contributed by atoms with E-state index in [1.165, 1.54) is 0 Å². The third kappa shape index (κ3) is 3.14. The summed E-state index contributed by atoms with van der Waals surface area (Å²) < 4.78 is 1.72. The number of hydrogen-bond donors (Lipinski definition) is 0. The molecule has 2 aromatic rings. The second kappa shape index (κ2) is 5.95. The van der Waals surface area contributed by atoms with Gasteiger partial charge in [-0.05, 0) is 25.4 Å². The molecule has 0 spiro atoms. The van der Waals surface area contributed by atoms with Crippen LogP contribution in [0.25, 0.3) is 5.95 Å². The first-order valence-corrected chi connectivity index (χ1v) is 7.40. The molecule has 7 nitrogen and oxygen atoms in total. The maximum atomic E-state index is 6.03. The molecule has 3 rings (SSSR count). The van der Waals surface area contributed by atoms with Crippen LogP contribution >= 0.6 is 11.6 Å². The maximum absolute atomic E-state index is 6.03. The van der Waals surface area contributed by atoms with E-state index in [0.717, 1.165) is 26.2 Å². The summed E-state index contributed by atoms with van der Waals surface area (Å²) in [7, 11) is 0. The summed E-state index contributed by atoms with van der Waals surface area (Å²) in [5, 5.41) is 0.204. The highest BCUT2D eigenvalue weighted by atomic mass is 35.5. The van der Waals surface area contributed by atoms with Crippen LogP contribution in [0.15, 0.2) is 18.7 Å². The number of piperazine rings is 1. The zero-order chi connectivity index (χ0) is 14.8. The Hall–Kier alpha value is -1.73. The highest BCUT2D eigenvalue weighted by Gasteiger charge is 2.21. The van der Waals surface area contributed by atoms with E-state index >= 15 is 0 Å². The molecule has 0 unspecified atom stereocenters. The normalized spacial score (nSPS) is 16.7. The van der Waals surface area contributed by atoms with Crippen LogP contribution in [0.1, 0.15) is 13.8 Å². The number of aromatic nitrogens is 5. The average Bonchev–Trinajstić information content (AvgIpc) is 3.01. The third-order valence-electron chi connectivity index (χ3n) is 3.65. The summed E-state index contributed by atoms with van der Waals surface area (Å²) >= 11 is 6.03. The third-order valence-corrected chi connectivity index (χ3v) is 3.82. The molecule has 1 saturated heterocycles. The lowest BCUT2D eigenvalue weighted by Gasteiger charge is -2.36. The Morgan fingerprint density at radius 2 is 1.76 bits per heavy atom. The molecule has 3 heterocycles. The molecule has 1 aliphatic heterocycles. The monoisotopic (exact) mass is 307 g/mol. The maximum Gasteiger partial charge on any atom is 0.241 e. The molecule has 0 aliphatic carbocycles. The Balaban J connectivity index is 1.80. The quantitative estimate of drug-likeness (QED) is 0.850. The van der Waals surface area contributed by atoms with Gasteiger partial charge in [0.15, 0.2) is 0 Å². The lowest BCUT2D eigenvalue weighted by atomic mass is 10.2. The minimum atomic E-state index is 0.204. The van der Waals surface area contributed by atoms with E-state index in [-0.39, 0.29) is 5.28 Å². The lowest BCUT2D eigenvalue weighted by Crippen LogP contribution is -2.49. The van der Waals surface area contributed by atoms with Gasteiger partial charge in [-0.15, -0.1) is 0 Å². The molecule has 0 N–H and O–H groups in total. The van der Waals surface area contributed by atoms with Gasteiger partial charge in [-0.25, -0.2) is 4.98 Å². The van der Waals surface area contributed by atoms with Gasteiger partial charge in [0, 0.05) is 44.6 Å². The summed E-state index contributed by atoms with van der Waals surface area (Å²) in [6.45, 7) is 8.21. The van der Waals surface area contributed by atoms with Crippen molar-refractivity contribution >= 4 is 17.5 Å². The van der Waals surface area contributed by atoms with Gasteiger partial charge in [0.25, 0.3) is 0 Å². The molecule has 1 aliphatic rings. The van der Waals surface area contributed by atoms with Crippen LogP contribution in [0, 0.1) is 0 Å². The van der Waals surface area contributed by atoms with Crippen molar-refractivity contribution in [1.82, 2.24) is 29.4 Å². The molecule has 0 aromatic carbocycles. The molecule has 0 radical (unpaired) electrons. The van der Waals surface area contributed by atoms with Crippen molar-refractivity contribution in [2.75, 3.05) is 31.1 Å². The Kier molecular flexibility index (Phi) is 4.03. The molecule has 1 fully saturated rings. The van der Waals surface area contributed by atoms with E-state index < -0.39 is 0 Å². The van der Waals surface area contributed by atoms with Crippen LogP contribution in [0.4, 0.5) is 5.95 Å². The fraction of sp³-hybridized carbons (Fsp3) is 0.538. The number of halogens is 1. The predicted octanol–water partition coefficient (Wildman–Crippen LogP) is 1.24. The van der Waals surface area contributed by atoms with Crippen LogP contribution in [0.3, 0.4) is 0 Å². The second-order valence-electron chi connectivity index (χ2n) is 5.29. The van der Waals surface area contributed by atoms with Gasteiger partial charge >= 0.3 is 0 Å². The van der Waals surface area contributed by atoms with Gasteiger partial charge in [0.1, 0.15) is 6.33 Å². The Morgan fingerprint density at radius 3 is 2.38 bits per heavy atom. The van der Waals surface area contributed by atoms with Crippen LogP contribution in [0.2, 0.25) is 5.28 Å². The lowest BCUT2D eigenvalue weighted by molar-refractivity contribution is 0.208. The van der Waals surface area contributed by atoms with Gasteiger partial charge in [-0.2, -0.15) is 15.0 Å². The van der Waals surface area contributed by atoms with Gasteiger partial charge in [0.2, 0.25) is 17.2 Å². The summed E-state index contributed by atoms with van der Waals surface area (Å²) in [6, 6.07) is 0.565. The standard InChI is InChI=1S/C13H18ClN7/c1-10(2)19-5-7-20(8-6-19)12-16-11(14)17-13(18-12)21-4-3-15-9-21/h3-4,9-10H,5-8H2,1-2H3. The summed E-state index contributed by atoms with van der Waals surface area (Å²) in [5.74, 6) is 1.12. The molecule has 0 atom stereocenters. The highest BCUT2D eigenvalue weighted by Crippen LogP contribution is 2.16. The largest absolute Gasteiger partial charge is 0.338 e. The van der Waals surface area contributed by atoms with Gasteiger partial charge < -0.3 is 4.90 Å². The number of rotatable bonds is 3. The topological polar surface area (TPSA) is 63.0 Å². The summed E-state index contributed by atoms with van der Waals surface area (Å²) in [4.78, 5) is 21.5. The first-order valence-electron chi connectivity index (χ1n) is 7.02. The first kappa shape index (κ1) is 14.2. The minimum Gasteiger partial charge on any atom is -0.338 e. The fourth-order valence-electron chi connectivity index (χ4n) is 2.40. The molecule has 2 aromatic heterocycles. The first-order chi connectivity index (χ1) is 10.1.